The van der Waals surface area contributed by atoms with Crippen molar-refractivity contribution in [3.05, 3.63) is 35.4 Å². The number of aliphatic hydroxyl groups excluding tert-OH is 1. The van der Waals surface area contributed by atoms with Crippen LogP contribution in [-0.4, -0.2) is 48.8 Å². The number of hydrogen-bond donors (Lipinski definition) is 2. The lowest BCUT2D eigenvalue weighted by atomic mass is 10.1. The van der Waals surface area contributed by atoms with Crippen LogP contribution in [0.2, 0.25) is 0 Å². The zero-order valence-corrected chi connectivity index (χ0v) is 10.2. The van der Waals surface area contributed by atoms with Gasteiger partial charge in [-0.1, -0.05) is 0 Å². The average molecular weight is 256 g/mol. The molecular formula is C13H18F2N2O. The monoisotopic (exact) mass is 256 g/mol. The molecule has 2 rings (SSSR count). The lowest BCUT2D eigenvalue weighted by Gasteiger charge is -2.29. The predicted octanol–water partition coefficient (Wildman–Crippen LogP) is 0.773. The molecule has 0 spiro atoms. The number of benzene rings is 1. The highest BCUT2D eigenvalue weighted by Crippen LogP contribution is 2.12. The maximum atomic E-state index is 13.4. The Kier molecular flexibility index (Phi) is 4.63. The molecular weight excluding hydrogens is 238 g/mol. The van der Waals surface area contributed by atoms with Crippen molar-refractivity contribution in [2.24, 2.45) is 0 Å². The van der Waals surface area contributed by atoms with Crippen molar-refractivity contribution in [1.82, 2.24) is 10.2 Å². The van der Waals surface area contributed by atoms with Gasteiger partial charge in [0.1, 0.15) is 11.6 Å². The van der Waals surface area contributed by atoms with Gasteiger partial charge in [-0.2, -0.15) is 0 Å². The molecule has 1 atom stereocenters. The Balaban J connectivity index is 1.89. The summed E-state index contributed by atoms with van der Waals surface area (Å²) in [6, 6.07) is 3.33. The third-order valence-corrected chi connectivity index (χ3v) is 3.14. The molecule has 0 radical (unpaired) electrons. The average Bonchev–Trinajstić information content (AvgIpc) is 2.35. The number of nitrogens with zero attached hydrogens (tertiary/aromatic N) is 1. The lowest BCUT2D eigenvalue weighted by molar-refractivity contribution is 0.104. The first kappa shape index (κ1) is 13.4. The molecule has 1 unspecified atom stereocenters. The van der Waals surface area contributed by atoms with E-state index in [-0.39, 0.29) is 12.0 Å². The van der Waals surface area contributed by atoms with Gasteiger partial charge < -0.3 is 10.4 Å². The second kappa shape index (κ2) is 6.22. The van der Waals surface area contributed by atoms with Crippen LogP contribution in [0.4, 0.5) is 8.78 Å². The van der Waals surface area contributed by atoms with E-state index in [4.69, 9.17) is 0 Å². The predicted molar refractivity (Wildman–Crippen MR) is 65.4 cm³/mol. The Labute approximate surface area is 105 Å². The van der Waals surface area contributed by atoms with Crippen LogP contribution in [0.5, 0.6) is 0 Å². The third-order valence-electron chi connectivity index (χ3n) is 3.14. The fraction of sp³-hybridized carbons (Fsp3) is 0.538. The first-order chi connectivity index (χ1) is 8.65. The summed E-state index contributed by atoms with van der Waals surface area (Å²) < 4.78 is 26.4. The largest absolute Gasteiger partial charge is 0.391 e. The molecule has 1 aliphatic heterocycles. The van der Waals surface area contributed by atoms with E-state index in [0.29, 0.717) is 6.54 Å². The van der Waals surface area contributed by atoms with E-state index in [0.717, 1.165) is 44.4 Å². The topological polar surface area (TPSA) is 35.5 Å². The van der Waals surface area contributed by atoms with Crippen LogP contribution in [0, 0.1) is 11.6 Å². The number of rotatable bonds is 4. The highest BCUT2D eigenvalue weighted by Gasteiger charge is 2.16. The second-order valence-electron chi connectivity index (χ2n) is 4.64. The fourth-order valence-corrected chi connectivity index (χ4v) is 2.21. The van der Waals surface area contributed by atoms with Crippen LogP contribution in [0.3, 0.4) is 0 Å². The van der Waals surface area contributed by atoms with Crippen molar-refractivity contribution >= 4 is 0 Å². The highest BCUT2D eigenvalue weighted by molar-refractivity contribution is 5.19. The van der Waals surface area contributed by atoms with Gasteiger partial charge in [0.05, 0.1) is 6.10 Å². The maximum Gasteiger partial charge on any atom is 0.126 e. The standard InChI is InChI=1S/C13H18F2N2O/c14-11-1-2-13(15)10(7-11)8-12(18)9-17-5-3-16-4-6-17/h1-2,7,12,16,18H,3-6,8-9H2. The van der Waals surface area contributed by atoms with Crippen LogP contribution in [0.25, 0.3) is 0 Å². The van der Waals surface area contributed by atoms with Crippen molar-refractivity contribution in [3.8, 4) is 0 Å². The van der Waals surface area contributed by atoms with E-state index >= 15 is 0 Å². The summed E-state index contributed by atoms with van der Waals surface area (Å²) in [5, 5.41) is 13.1. The Morgan fingerprint density at radius 1 is 1.28 bits per heavy atom. The molecule has 0 amide bonds. The molecule has 2 N–H and O–H groups in total. The van der Waals surface area contributed by atoms with Crippen molar-refractivity contribution in [2.75, 3.05) is 32.7 Å². The lowest BCUT2D eigenvalue weighted by Crippen LogP contribution is -2.46. The van der Waals surface area contributed by atoms with Crippen LogP contribution in [0.1, 0.15) is 5.56 Å². The smallest absolute Gasteiger partial charge is 0.126 e. The van der Waals surface area contributed by atoms with Gasteiger partial charge in [0.25, 0.3) is 0 Å². The molecule has 1 fully saturated rings. The third kappa shape index (κ3) is 3.73. The van der Waals surface area contributed by atoms with E-state index in [9.17, 15) is 13.9 Å². The van der Waals surface area contributed by atoms with Crippen molar-refractivity contribution < 1.29 is 13.9 Å². The van der Waals surface area contributed by atoms with Crippen LogP contribution in [-0.2, 0) is 6.42 Å². The summed E-state index contributed by atoms with van der Waals surface area (Å²) in [5.74, 6) is -0.934. The molecule has 100 valence electrons. The summed E-state index contributed by atoms with van der Waals surface area (Å²) in [5.41, 5.74) is 0.234. The number of β-amino-alcohol motifs (C(OH)–C–C–N with tert-alkyl or cyclic N) is 1. The summed E-state index contributed by atoms with van der Waals surface area (Å²) in [6.07, 6.45) is -0.521. The zero-order chi connectivity index (χ0) is 13.0. The Morgan fingerprint density at radius 3 is 2.72 bits per heavy atom. The first-order valence-electron chi connectivity index (χ1n) is 6.20. The molecule has 0 saturated carbocycles. The van der Waals surface area contributed by atoms with E-state index < -0.39 is 17.7 Å². The fourth-order valence-electron chi connectivity index (χ4n) is 2.21. The molecule has 1 heterocycles. The first-order valence-corrected chi connectivity index (χ1v) is 6.20. The van der Waals surface area contributed by atoms with Crippen LogP contribution < -0.4 is 5.32 Å². The van der Waals surface area contributed by atoms with Gasteiger partial charge in [0.2, 0.25) is 0 Å². The molecule has 0 aliphatic carbocycles. The Bertz CT molecular complexity index is 395. The summed E-state index contributed by atoms with van der Waals surface area (Å²) in [7, 11) is 0. The van der Waals surface area contributed by atoms with E-state index in [2.05, 4.69) is 10.2 Å². The number of nitrogens with one attached hydrogen (secondary N) is 1. The second-order valence-corrected chi connectivity index (χ2v) is 4.64. The van der Waals surface area contributed by atoms with Gasteiger partial charge >= 0.3 is 0 Å². The van der Waals surface area contributed by atoms with Gasteiger partial charge in [-0.25, -0.2) is 8.78 Å². The molecule has 1 aromatic rings. The van der Waals surface area contributed by atoms with Gasteiger partial charge in [-0.15, -0.1) is 0 Å². The Morgan fingerprint density at radius 2 is 2.00 bits per heavy atom. The number of hydrogen-bond acceptors (Lipinski definition) is 3. The molecule has 1 aromatic carbocycles. The van der Waals surface area contributed by atoms with Crippen LogP contribution >= 0.6 is 0 Å². The summed E-state index contributed by atoms with van der Waals surface area (Å²) in [6.45, 7) is 4.06. The minimum atomic E-state index is -0.667. The minimum absolute atomic E-state index is 0.146. The highest BCUT2D eigenvalue weighted by atomic mass is 19.1. The van der Waals surface area contributed by atoms with Gasteiger partial charge in [0.15, 0.2) is 0 Å². The van der Waals surface area contributed by atoms with Crippen LogP contribution in [0.15, 0.2) is 18.2 Å². The molecule has 0 bridgehead atoms. The molecule has 5 heteroatoms. The minimum Gasteiger partial charge on any atom is -0.391 e. The molecule has 3 nitrogen and oxygen atoms in total. The van der Waals surface area contributed by atoms with Gasteiger partial charge in [0, 0.05) is 39.1 Å². The molecule has 18 heavy (non-hydrogen) atoms. The van der Waals surface area contributed by atoms with Crippen molar-refractivity contribution in [2.45, 2.75) is 12.5 Å². The SMILES string of the molecule is OC(Cc1cc(F)ccc1F)CN1CCNCC1. The quantitative estimate of drug-likeness (QED) is 0.835. The van der Waals surface area contributed by atoms with E-state index in [1.807, 2.05) is 0 Å². The van der Waals surface area contributed by atoms with Gasteiger partial charge in [-0.05, 0) is 23.8 Å². The van der Waals surface area contributed by atoms with E-state index in [1.165, 1.54) is 0 Å². The van der Waals surface area contributed by atoms with Crippen molar-refractivity contribution in [1.29, 1.82) is 0 Å². The van der Waals surface area contributed by atoms with Crippen molar-refractivity contribution in [3.63, 3.8) is 0 Å². The maximum absolute atomic E-state index is 13.4. The summed E-state index contributed by atoms with van der Waals surface area (Å²) in [4.78, 5) is 2.12. The van der Waals surface area contributed by atoms with E-state index in [1.54, 1.807) is 0 Å². The molecule has 1 saturated heterocycles. The van der Waals surface area contributed by atoms with Gasteiger partial charge in [-0.3, -0.25) is 4.90 Å². The summed E-state index contributed by atoms with van der Waals surface area (Å²) >= 11 is 0. The number of halogens is 2. The molecule has 1 aliphatic rings. The number of piperazine rings is 1. The normalized spacial score (nSPS) is 18.8. The number of aliphatic hydroxyl groups is 1. The zero-order valence-electron chi connectivity index (χ0n) is 10.2. The Hall–Kier alpha value is -1.04. The molecule has 0 aromatic heterocycles.